The van der Waals surface area contributed by atoms with Gasteiger partial charge in [0, 0.05) is 18.4 Å². The number of fused-ring (bicyclic) bond motifs is 1. The molecule has 1 aliphatic carbocycles. The van der Waals surface area contributed by atoms with Crippen LogP contribution in [0.1, 0.15) is 53.3 Å². The largest absolute Gasteiger partial charge is 0.433 e. The molecule has 3 rings (SSSR count). The minimum atomic E-state index is -4.50. The summed E-state index contributed by atoms with van der Waals surface area (Å²) >= 11 is 1.38. The predicted octanol–water partition coefficient (Wildman–Crippen LogP) is 5.57. The van der Waals surface area contributed by atoms with Crippen LogP contribution in [-0.4, -0.2) is 20.4 Å². The highest BCUT2D eigenvalue weighted by molar-refractivity contribution is 7.93. The zero-order valence-electron chi connectivity index (χ0n) is 14.4. The summed E-state index contributed by atoms with van der Waals surface area (Å²) in [5.74, 6) is 0.291. The predicted molar refractivity (Wildman–Crippen MR) is 98.0 cm³/mol. The lowest BCUT2D eigenvalue weighted by Crippen LogP contribution is -2.11. The number of thiazole rings is 1. The molecule has 3 atom stereocenters. The van der Waals surface area contributed by atoms with Gasteiger partial charge in [-0.3, -0.25) is 4.98 Å². The monoisotopic (exact) mass is 401 g/mol. The second-order valence-corrected chi connectivity index (χ2v) is 9.98. The third kappa shape index (κ3) is 3.83. The normalized spacial score (nSPS) is 20.3. The first-order valence-electron chi connectivity index (χ1n) is 7.99. The first-order valence-corrected chi connectivity index (χ1v) is 10.8. The van der Waals surface area contributed by atoms with E-state index in [1.54, 1.807) is 6.92 Å². The third-order valence-corrected chi connectivity index (χ3v) is 7.52. The molecule has 0 saturated heterocycles. The highest BCUT2D eigenvalue weighted by Crippen LogP contribution is 2.37. The van der Waals surface area contributed by atoms with Crippen LogP contribution >= 0.6 is 11.3 Å². The number of nitrogens with zero attached hydrogens (tertiary/aromatic N) is 3. The second-order valence-electron chi connectivity index (χ2n) is 6.35. The van der Waals surface area contributed by atoms with E-state index >= 15 is 0 Å². The average Bonchev–Trinajstić information content (AvgIpc) is 2.96. The maximum absolute atomic E-state index is 13.1. The van der Waals surface area contributed by atoms with Crippen molar-refractivity contribution in [1.29, 1.82) is 0 Å². The molecule has 2 heterocycles. The van der Waals surface area contributed by atoms with Crippen LogP contribution in [0, 0.1) is 0 Å². The summed E-state index contributed by atoms with van der Waals surface area (Å²) in [5.41, 5.74) is 0.431. The standard InChI is InChI=1S/C17H18F3N3OS2/c1-10-5-4-6-13-15(10)22-16(25-13)23-26(3,24)11(2)12-7-8-14(21-9-12)17(18,19)20/h4,6-11H,5H2,1-3H3. The Labute approximate surface area is 154 Å². The minimum Gasteiger partial charge on any atom is -0.251 e. The van der Waals surface area contributed by atoms with Crippen molar-refractivity contribution in [1.82, 2.24) is 9.97 Å². The number of aromatic nitrogens is 2. The van der Waals surface area contributed by atoms with Crippen molar-refractivity contribution in [3.8, 4) is 0 Å². The average molecular weight is 401 g/mol. The lowest BCUT2D eigenvalue weighted by molar-refractivity contribution is -0.141. The topological polar surface area (TPSA) is 55.2 Å². The van der Waals surface area contributed by atoms with Gasteiger partial charge >= 0.3 is 6.18 Å². The molecular weight excluding hydrogens is 383 g/mol. The summed E-state index contributed by atoms with van der Waals surface area (Å²) in [6, 6.07) is 2.20. The lowest BCUT2D eigenvalue weighted by Gasteiger charge is -2.14. The molecule has 4 nitrogen and oxygen atoms in total. The summed E-state index contributed by atoms with van der Waals surface area (Å²) in [4.78, 5) is 8.95. The summed E-state index contributed by atoms with van der Waals surface area (Å²) < 4.78 is 55.3. The molecular formula is C17H18F3N3OS2. The molecule has 3 unspecified atom stereocenters. The van der Waals surface area contributed by atoms with Gasteiger partial charge in [0.05, 0.1) is 25.6 Å². The zero-order chi connectivity index (χ0) is 19.1. The van der Waals surface area contributed by atoms with E-state index in [-0.39, 0.29) is 0 Å². The number of rotatable bonds is 3. The van der Waals surface area contributed by atoms with Crippen molar-refractivity contribution in [2.24, 2.45) is 4.36 Å². The summed E-state index contributed by atoms with van der Waals surface area (Å²) in [6.45, 7) is 3.75. The molecule has 1 aliphatic rings. The van der Waals surface area contributed by atoms with E-state index in [0.29, 0.717) is 16.6 Å². The van der Waals surface area contributed by atoms with Crippen LogP contribution in [0.2, 0.25) is 0 Å². The molecule has 0 bridgehead atoms. The van der Waals surface area contributed by atoms with E-state index in [2.05, 4.69) is 27.3 Å². The van der Waals surface area contributed by atoms with E-state index in [1.807, 2.05) is 6.08 Å². The fourth-order valence-corrected chi connectivity index (χ4v) is 5.24. The van der Waals surface area contributed by atoms with Crippen molar-refractivity contribution >= 4 is 32.3 Å². The molecule has 140 valence electrons. The molecule has 9 heteroatoms. The molecule has 0 saturated carbocycles. The van der Waals surface area contributed by atoms with E-state index in [9.17, 15) is 17.4 Å². The third-order valence-electron chi connectivity index (χ3n) is 4.36. The molecule has 2 aromatic heterocycles. The molecule has 0 fully saturated rings. The number of pyridine rings is 1. The first-order chi connectivity index (χ1) is 12.1. The van der Waals surface area contributed by atoms with E-state index in [0.717, 1.165) is 29.3 Å². The molecule has 0 spiro atoms. The van der Waals surface area contributed by atoms with Gasteiger partial charge in [0.25, 0.3) is 0 Å². The van der Waals surface area contributed by atoms with Crippen molar-refractivity contribution in [3.63, 3.8) is 0 Å². The zero-order valence-corrected chi connectivity index (χ0v) is 16.1. The Balaban J connectivity index is 1.91. The Morgan fingerprint density at radius 1 is 1.38 bits per heavy atom. The van der Waals surface area contributed by atoms with Crippen LogP contribution in [-0.2, 0) is 15.9 Å². The highest BCUT2D eigenvalue weighted by Gasteiger charge is 2.32. The van der Waals surface area contributed by atoms with Gasteiger partial charge in [-0.15, -0.1) is 0 Å². The van der Waals surface area contributed by atoms with Gasteiger partial charge in [-0.1, -0.05) is 30.4 Å². The number of alkyl halides is 3. The van der Waals surface area contributed by atoms with Gasteiger partial charge in [-0.25, -0.2) is 9.19 Å². The number of allylic oxidation sites excluding steroid dienone is 1. The lowest BCUT2D eigenvalue weighted by atomic mass is 9.98. The van der Waals surface area contributed by atoms with Crippen LogP contribution < -0.4 is 0 Å². The van der Waals surface area contributed by atoms with E-state index in [1.165, 1.54) is 23.7 Å². The van der Waals surface area contributed by atoms with Crippen LogP contribution in [0.25, 0.3) is 6.08 Å². The Morgan fingerprint density at radius 2 is 2.12 bits per heavy atom. The number of hydrogen-bond acceptors (Lipinski definition) is 5. The van der Waals surface area contributed by atoms with Gasteiger partial charge in [0.15, 0.2) is 0 Å². The maximum Gasteiger partial charge on any atom is 0.433 e. The summed E-state index contributed by atoms with van der Waals surface area (Å²) in [5, 5.41) is -0.140. The van der Waals surface area contributed by atoms with Crippen molar-refractivity contribution in [2.75, 3.05) is 6.26 Å². The molecule has 2 aromatic rings. The fourth-order valence-electron chi connectivity index (χ4n) is 2.63. The molecule has 0 amide bonds. The van der Waals surface area contributed by atoms with Gasteiger partial charge in [-0.2, -0.15) is 17.5 Å². The van der Waals surface area contributed by atoms with Crippen molar-refractivity contribution < 1.29 is 17.4 Å². The van der Waals surface area contributed by atoms with Crippen LogP contribution in [0.5, 0.6) is 0 Å². The summed E-state index contributed by atoms with van der Waals surface area (Å²) in [6.07, 6.45) is 3.09. The molecule has 26 heavy (non-hydrogen) atoms. The number of hydrogen-bond donors (Lipinski definition) is 0. The molecule has 0 radical (unpaired) electrons. The van der Waals surface area contributed by atoms with Crippen molar-refractivity contribution in [3.05, 3.63) is 46.2 Å². The quantitative estimate of drug-likeness (QED) is 0.676. The Hall–Kier alpha value is -1.74. The molecule has 0 N–H and O–H groups in total. The van der Waals surface area contributed by atoms with Crippen molar-refractivity contribution in [2.45, 2.75) is 37.6 Å². The van der Waals surface area contributed by atoms with E-state index < -0.39 is 26.8 Å². The molecule has 0 aromatic carbocycles. The smallest absolute Gasteiger partial charge is 0.251 e. The second kappa shape index (κ2) is 6.77. The van der Waals surface area contributed by atoms with Crippen LogP contribution in [0.4, 0.5) is 18.3 Å². The Kier molecular flexibility index (Phi) is 4.96. The highest BCUT2D eigenvalue weighted by atomic mass is 32.2. The molecule has 0 aliphatic heterocycles. The first kappa shape index (κ1) is 19.0. The van der Waals surface area contributed by atoms with Gasteiger partial charge in [0.2, 0.25) is 5.13 Å². The number of halogens is 3. The Bertz CT molecular complexity index is 955. The van der Waals surface area contributed by atoms with Gasteiger partial charge in [-0.05, 0) is 31.1 Å². The van der Waals surface area contributed by atoms with Crippen LogP contribution in [0.3, 0.4) is 0 Å². The maximum atomic E-state index is 13.1. The summed E-state index contributed by atoms with van der Waals surface area (Å²) in [7, 11) is -2.75. The Morgan fingerprint density at radius 3 is 2.69 bits per heavy atom. The SMILES string of the molecule is CC1CC=Cc2sc(N=S(C)(=O)C(C)c3ccc(C(F)(F)F)nc3)nc21. The fraction of sp³-hybridized carbons (Fsp3) is 0.412. The van der Waals surface area contributed by atoms with E-state index in [4.69, 9.17) is 0 Å². The minimum absolute atomic E-state index is 0.291. The van der Waals surface area contributed by atoms with Gasteiger partial charge < -0.3 is 0 Å². The van der Waals surface area contributed by atoms with Gasteiger partial charge in [0.1, 0.15) is 5.69 Å². The van der Waals surface area contributed by atoms with Crippen LogP contribution in [0.15, 0.2) is 28.8 Å².